The van der Waals surface area contributed by atoms with Crippen molar-refractivity contribution in [1.29, 1.82) is 0 Å². The number of aromatic nitrogens is 1. The van der Waals surface area contributed by atoms with Gasteiger partial charge in [0.1, 0.15) is 5.75 Å². The second kappa shape index (κ2) is 10.5. The molecule has 0 aliphatic rings. The standard InChI is InChI=1S/C24H27NO5/c1-3-28-23(26)21(24(27)29-4-2)15-17-9-11-20(12-10-17)30-14-13-19-16-18-7-5-6-8-22(18)25-19/h5-12,16,21,25H,3-4,13-15H2,1-2H3. The molecule has 1 N–H and O–H groups in total. The van der Waals surface area contributed by atoms with E-state index < -0.39 is 17.9 Å². The van der Waals surface area contributed by atoms with Crippen LogP contribution in [-0.4, -0.2) is 36.7 Å². The van der Waals surface area contributed by atoms with Gasteiger partial charge in [-0.1, -0.05) is 30.3 Å². The van der Waals surface area contributed by atoms with E-state index in [4.69, 9.17) is 14.2 Å². The molecule has 0 spiro atoms. The molecular formula is C24H27NO5. The highest BCUT2D eigenvalue weighted by molar-refractivity contribution is 5.95. The van der Waals surface area contributed by atoms with Crippen molar-refractivity contribution in [2.75, 3.05) is 19.8 Å². The number of nitrogens with one attached hydrogen (secondary N) is 1. The summed E-state index contributed by atoms with van der Waals surface area (Å²) in [5.74, 6) is -1.35. The normalized spacial score (nSPS) is 10.9. The molecule has 0 saturated heterocycles. The van der Waals surface area contributed by atoms with Gasteiger partial charge in [0.05, 0.1) is 19.8 Å². The molecule has 158 valence electrons. The van der Waals surface area contributed by atoms with E-state index >= 15 is 0 Å². The van der Waals surface area contributed by atoms with Crippen LogP contribution in [0.25, 0.3) is 10.9 Å². The first-order chi connectivity index (χ1) is 14.6. The van der Waals surface area contributed by atoms with Crippen LogP contribution in [0.2, 0.25) is 0 Å². The summed E-state index contributed by atoms with van der Waals surface area (Å²) < 4.78 is 15.9. The molecule has 0 bridgehead atoms. The predicted molar refractivity (Wildman–Crippen MR) is 114 cm³/mol. The van der Waals surface area contributed by atoms with E-state index in [-0.39, 0.29) is 19.6 Å². The van der Waals surface area contributed by atoms with Crippen molar-refractivity contribution in [2.24, 2.45) is 5.92 Å². The number of hydrogen-bond acceptors (Lipinski definition) is 5. The van der Waals surface area contributed by atoms with Crippen LogP contribution in [0, 0.1) is 5.92 Å². The molecule has 0 unspecified atom stereocenters. The summed E-state index contributed by atoms with van der Waals surface area (Å²) in [7, 11) is 0. The highest BCUT2D eigenvalue weighted by Gasteiger charge is 2.29. The average Bonchev–Trinajstić information content (AvgIpc) is 3.16. The van der Waals surface area contributed by atoms with Crippen LogP contribution in [0.4, 0.5) is 0 Å². The summed E-state index contributed by atoms with van der Waals surface area (Å²) in [6, 6.07) is 17.7. The van der Waals surface area contributed by atoms with Crippen molar-refractivity contribution in [3.63, 3.8) is 0 Å². The Bertz CT molecular complexity index is 926. The molecule has 0 aliphatic heterocycles. The van der Waals surface area contributed by atoms with E-state index in [0.29, 0.717) is 6.61 Å². The van der Waals surface area contributed by atoms with Crippen LogP contribution in [0.5, 0.6) is 5.75 Å². The van der Waals surface area contributed by atoms with Gasteiger partial charge >= 0.3 is 11.9 Å². The van der Waals surface area contributed by atoms with Crippen molar-refractivity contribution < 1.29 is 23.8 Å². The highest BCUT2D eigenvalue weighted by atomic mass is 16.6. The first-order valence-electron chi connectivity index (χ1n) is 10.2. The molecule has 0 amide bonds. The number of para-hydroxylation sites is 1. The molecule has 3 aromatic rings. The Morgan fingerprint density at radius 1 is 0.933 bits per heavy atom. The van der Waals surface area contributed by atoms with Crippen LogP contribution in [0.3, 0.4) is 0 Å². The highest BCUT2D eigenvalue weighted by Crippen LogP contribution is 2.19. The second-order valence-electron chi connectivity index (χ2n) is 6.89. The third-order valence-corrected chi connectivity index (χ3v) is 4.73. The summed E-state index contributed by atoms with van der Waals surface area (Å²) >= 11 is 0. The number of rotatable bonds is 10. The lowest BCUT2D eigenvalue weighted by atomic mass is 9.99. The fraction of sp³-hybridized carbons (Fsp3) is 0.333. The molecule has 2 aromatic carbocycles. The number of ether oxygens (including phenoxy) is 3. The largest absolute Gasteiger partial charge is 0.493 e. The molecule has 1 heterocycles. The maximum Gasteiger partial charge on any atom is 0.320 e. The van der Waals surface area contributed by atoms with E-state index in [0.717, 1.165) is 28.9 Å². The zero-order valence-corrected chi connectivity index (χ0v) is 17.4. The van der Waals surface area contributed by atoms with E-state index in [1.807, 2.05) is 36.4 Å². The van der Waals surface area contributed by atoms with Crippen molar-refractivity contribution >= 4 is 22.8 Å². The summed E-state index contributed by atoms with van der Waals surface area (Å²) in [6.45, 7) is 4.40. The smallest absolute Gasteiger partial charge is 0.320 e. The Hall–Kier alpha value is -3.28. The zero-order chi connectivity index (χ0) is 21.3. The number of aromatic amines is 1. The van der Waals surface area contributed by atoms with Gasteiger partial charge in [-0.15, -0.1) is 0 Å². The number of carbonyl (C=O) groups is 2. The summed E-state index contributed by atoms with van der Waals surface area (Å²) in [5, 5.41) is 1.19. The van der Waals surface area contributed by atoms with Gasteiger partial charge in [-0.3, -0.25) is 9.59 Å². The van der Waals surface area contributed by atoms with Crippen LogP contribution in [0.1, 0.15) is 25.1 Å². The molecule has 6 nitrogen and oxygen atoms in total. The molecule has 30 heavy (non-hydrogen) atoms. The minimum atomic E-state index is -0.960. The Kier molecular flexibility index (Phi) is 7.49. The number of esters is 2. The first kappa shape index (κ1) is 21.4. The van der Waals surface area contributed by atoms with E-state index in [1.54, 1.807) is 13.8 Å². The van der Waals surface area contributed by atoms with Gasteiger partial charge in [0.2, 0.25) is 0 Å². The number of fused-ring (bicyclic) bond motifs is 1. The molecule has 1 aromatic heterocycles. The van der Waals surface area contributed by atoms with Gasteiger partial charge in [0, 0.05) is 17.6 Å². The van der Waals surface area contributed by atoms with Crippen molar-refractivity contribution in [2.45, 2.75) is 26.7 Å². The molecule has 0 fully saturated rings. The molecule has 0 atom stereocenters. The average molecular weight is 409 g/mol. The van der Waals surface area contributed by atoms with Gasteiger partial charge in [0.15, 0.2) is 5.92 Å². The molecule has 0 saturated carbocycles. The third-order valence-electron chi connectivity index (χ3n) is 4.73. The number of H-pyrrole nitrogens is 1. The maximum atomic E-state index is 12.1. The fourth-order valence-corrected chi connectivity index (χ4v) is 3.25. The SMILES string of the molecule is CCOC(=O)C(Cc1ccc(OCCc2cc3ccccc3[nH]2)cc1)C(=O)OCC. The van der Waals surface area contributed by atoms with Crippen molar-refractivity contribution in [3.8, 4) is 5.75 Å². The monoisotopic (exact) mass is 409 g/mol. The Morgan fingerprint density at radius 3 is 2.23 bits per heavy atom. The van der Waals surface area contributed by atoms with Gasteiger partial charge in [-0.2, -0.15) is 0 Å². The number of benzene rings is 2. The Balaban J connectivity index is 1.55. The molecular weight excluding hydrogens is 382 g/mol. The minimum Gasteiger partial charge on any atom is -0.493 e. The lowest BCUT2D eigenvalue weighted by molar-refractivity contribution is -0.161. The summed E-state index contributed by atoms with van der Waals surface area (Å²) in [5.41, 5.74) is 3.08. The van der Waals surface area contributed by atoms with Gasteiger partial charge in [-0.25, -0.2) is 0 Å². The Morgan fingerprint density at radius 2 is 1.60 bits per heavy atom. The Labute approximate surface area is 176 Å². The van der Waals surface area contributed by atoms with E-state index in [9.17, 15) is 9.59 Å². The lowest BCUT2D eigenvalue weighted by Crippen LogP contribution is -2.30. The number of hydrogen-bond donors (Lipinski definition) is 1. The minimum absolute atomic E-state index is 0.220. The van der Waals surface area contributed by atoms with E-state index in [2.05, 4.69) is 23.2 Å². The summed E-state index contributed by atoms with van der Waals surface area (Å²) in [4.78, 5) is 27.6. The van der Waals surface area contributed by atoms with Crippen LogP contribution in [-0.2, 0) is 31.9 Å². The third kappa shape index (κ3) is 5.63. The molecule has 3 rings (SSSR count). The zero-order valence-electron chi connectivity index (χ0n) is 17.4. The second-order valence-corrected chi connectivity index (χ2v) is 6.89. The molecule has 0 aliphatic carbocycles. The predicted octanol–water partition coefficient (Wildman–Crippen LogP) is 4.07. The van der Waals surface area contributed by atoms with Crippen LogP contribution in [0.15, 0.2) is 54.6 Å². The summed E-state index contributed by atoms with van der Waals surface area (Å²) in [6.07, 6.45) is 0.997. The maximum absolute atomic E-state index is 12.1. The number of carbonyl (C=O) groups excluding carboxylic acids is 2. The quantitative estimate of drug-likeness (QED) is 0.403. The van der Waals surface area contributed by atoms with Crippen molar-refractivity contribution in [1.82, 2.24) is 4.98 Å². The van der Waals surface area contributed by atoms with Gasteiger partial charge < -0.3 is 19.2 Å². The fourth-order valence-electron chi connectivity index (χ4n) is 3.25. The molecule has 0 radical (unpaired) electrons. The molecule has 6 heteroatoms. The topological polar surface area (TPSA) is 77.6 Å². The van der Waals surface area contributed by atoms with Crippen LogP contribution < -0.4 is 4.74 Å². The van der Waals surface area contributed by atoms with Crippen LogP contribution >= 0.6 is 0 Å². The van der Waals surface area contributed by atoms with Gasteiger partial charge in [-0.05, 0) is 55.5 Å². The van der Waals surface area contributed by atoms with Crippen molar-refractivity contribution in [3.05, 3.63) is 65.9 Å². The van der Waals surface area contributed by atoms with Gasteiger partial charge in [0.25, 0.3) is 0 Å². The van der Waals surface area contributed by atoms with E-state index in [1.165, 1.54) is 5.39 Å². The first-order valence-corrected chi connectivity index (χ1v) is 10.2. The lowest BCUT2D eigenvalue weighted by Gasteiger charge is -2.14.